The van der Waals surface area contributed by atoms with Crippen molar-refractivity contribution in [2.75, 3.05) is 11.6 Å². The molecular formula is C22H33N5O2S. The average molecular weight is 432 g/mol. The van der Waals surface area contributed by atoms with Crippen molar-refractivity contribution in [3.63, 3.8) is 0 Å². The Morgan fingerprint density at radius 3 is 2.57 bits per heavy atom. The molecule has 0 radical (unpaired) electrons. The third-order valence-corrected chi connectivity index (χ3v) is 6.30. The molecule has 0 unspecified atom stereocenters. The van der Waals surface area contributed by atoms with Gasteiger partial charge in [0.05, 0.1) is 0 Å². The molecule has 0 bridgehead atoms. The van der Waals surface area contributed by atoms with Gasteiger partial charge in [0.1, 0.15) is 12.4 Å². The average Bonchev–Trinajstić information content (AvgIpc) is 3.06. The van der Waals surface area contributed by atoms with Gasteiger partial charge in [-0.25, -0.2) is 4.68 Å². The van der Waals surface area contributed by atoms with Crippen LogP contribution in [0.3, 0.4) is 0 Å². The Bertz CT molecular complexity index is 823. The van der Waals surface area contributed by atoms with Gasteiger partial charge >= 0.3 is 0 Å². The third kappa shape index (κ3) is 6.39. The number of nitrogens with two attached hydrogens (primary N) is 1. The van der Waals surface area contributed by atoms with Gasteiger partial charge in [0.15, 0.2) is 5.82 Å². The summed E-state index contributed by atoms with van der Waals surface area (Å²) in [5, 5.41) is 12.0. The standard InChI is InChI=1S/C22H33N5O2S/c1-22(2,3)16-9-11-18(12-10-16)29-15-19-25-26-21(27(19)23)30-14-13-20(28)24-17-7-5-4-6-8-17/h9-12,17H,4-8,13-15,23H2,1-3H3,(H,24,28). The maximum atomic E-state index is 12.1. The van der Waals surface area contributed by atoms with E-state index in [1.165, 1.54) is 41.3 Å². The van der Waals surface area contributed by atoms with Crippen molar-refractivity contribution in [1.29, 1.82) is 0 Å². The van der Waals surface area contributed by atoms with Crippen molar-refractivity contribution in [3.05, 3.63) is 35.7 Å². The smallest absolute Gasteiger partial charge is 0.221 e. The maximum absolute atomic E-state index is 12.1. The molecule has 30 heavy (non-hydrogen) atoms. The van der Waals surface area contributed by atoms with Crippen LogP contribution in [0.25, 0.3) is 0 Å². The van der Waals surface area contributed by atoms with E-state index in [0.717, 1.165) is 18.6 Å². The van der Waals surface area contributed by atoms with E-state index in [9.17, 15) is 4.79 Å². The summed E-state index contributed by atoms with van der Waals surface area (Å²) in [4.78, 5) is 12.1. The number of benzene rings is 1. The summed E-state index contributed by atoms with van der Waals surface area (Å²) in [5.41, 5.74) is 1.36. The quantitative estimate of drug-likeness (QED) is 0.488. The molecule has 1 aliphatic rings. The van der Waals surface area contributed by atoms with Crippen LogP contribution in [0.2, 0.25) is 0 Å². The molecule has 0 saturated heterocycles. The lowest BCUT2D eigenvalue weighted by Gasteiger charge is -2.22. The number of thioether (sulfide) groups is 1. The molecule has 7 nitrogen and oxygen atoms in total. The molecule has 1 aliphatic carbocycles. The van der Waals surface area contributed by atoms with Crippen molar-refractivity contribution in [2.45, 2.75) is 82.5 Å². The Labute approximate surface area is 183 Å². The minimum atomic E-state index is 0.0970. The first kappa shape index (κ1) is 22.5. The number of hydrogen-bond acceptors (Lipinski definition) is 6. The number of nitrogens with one attached hydrogen (secondary N) is 1. The van der Waals surface area contributed by atoms with Crippen LogP contribution in [0.15, 0.2) is 29.4 Å². The summed E-state index contributed by atoms with van der Waals surface area (Å²) in [5.74, 6) is 8.13. The molecule has 0 aliphatic heterocycles. The van der Waals surface area contributed by atoms with Crippen LogP contribution in [0, 0.1) is 0 Å². The number of hydrogen-bond donors (Lipinski definition) is 2. The summed E-state index contributed by atoms with van der Waals surface area (Å²) in [6.45, 7) is 6.77. The molecule has 164 valence electrons. The molecule has 0 atom stereocenters. The van der Waals surface area contributed by atoms with E-state index in [4.69, 9.17) is 10.6 Å². The number of carbonyl (C=O) groups is 1. The van der Waals surface area contributed by atoms with E-state index in [1.54, 1.807) is 0 Å². The van der Waals surface area contributed by atoms with Crippen LogP contribution in [-0.2, 0) is 16.8 Å². The molecule has 8 heteroatoms. The molecule has 1 fully saturated rings. The third-order valence-electron chi connectivity index (χ3n) is 5.35. The fourth-order valence-corrected chi connectivity index (χ4v) is 4.30. The van der Waals surface area contributed by atoms with Crippen LogP contribution in [0.5, 0.6) is 5.75 Å². The van der Waals surface area contributed by atoms with Gasteiger partial charge in [-0.1, -0.05) is 63.9 Å². The topological polar surface area (TPSA) is 95.1 Å². The Morgan fingerprint density at radius 2 is 1.90 bits per heavy atom. The lowest BCUT2D eigenvalue weighted by atomic mass is 9.87. The maximum Gasteiger partial charge on any atom is 0.221 e. The van der Waals surface area contributed by atoms with Crippen LogP contribution >= 0.6 is 11.8 Å². The van der Waals surface area contributed by atoms with E-state index < -0.39 is 0 Å². The molecule has 2 aromatic rings. The number of rotatable bonds is 8. The summed E-state index contributed by atoms with van der Waals surface area (Å²) in [7, 11) is 0. The summed E-state index contributed by atoms with van der Waals surface area (Å²) in [6, 6.07) is 8.40. The van der Waals surface area contributed by atoms with Crippen molar-refractivity contribution in [3.8, 4) is 5.75 Å². The predicted molar refractivity (Wildman–Crippen MR) is 120 cm³/mol. The highest BCUT2D eigenvalue weighted by Crippen LogP contribution is 2.25. The van der Waals surface area contributed by atoms with Crippen LogP contribution < -0.4 is 15.9 Å². The molecular weight excluding hydrogens is 398 g/mol. The fraction of sp³-hybridized carbons (Fsp3) is 0.591. The van der Waals surface area contributed by atoms with Crippen molar-refractivity contribution in [2.24, 2.45) is 0 Å². The Kier molecular flexibility index (Phi) is 7.64. The van der Waals surface area contributed by atoms with Crippen molar-refractivity contribution >= 4 is 17.7 Å². The van der Waals surface area contributed by atoms with Crippen LogP contribution in [-0.4, -0.2) is 32.6 Å². The zero-order valence-electron chi connectivity index (χ0n) is 18.2. The number of nitrogens with zero attached hydrogens (tertiary/aromatic N) is 3. The van der Waals surface area contributed by atoms with Gasteiger partial charge in [-0.05, 0) is 36.0 Å². The number of ether oxygens (including phenoxy) is 1. The minimum Gasteiger partial charge on any atom is -0.486 e. The largest absolute Gasteiger partial charge is 0.486 e. The van der Waals surface area contributed by atoms with Gasteiger partial charge in [-0.15, -0.1) is 10.2 Å². The molecule has 1 aromatic heterocycles. The van der Waals surface area contributed by atoms with Crippen molar-refractivity contribution < 1.29 is 9.53 Å². The van der Waals surface area contributed by atoms with Gasteiger partial charge < -0.3 is 15.9 Å². The highest BCUT2D eigenvalue weighted by atomic mass is 32.2. The second-order valence-electron chi connectivity index (χ2n) is 8.83. The molecule has 1 heterocycles. The van der Waals surface area contributed by atoms with E-state index in [1.807, 2.05) is 12.1 Å². The molecule has 1 aromatic carbocycles. The predicted octanol–water partition coefficient (Wildman–Crippen LogP) is 3.80. The first-order valence-electron chi connectivity index (χ1n) is 10.7. The summed E-state index contributed by atoms with van der Waals surface area (Å²) < 4.78 is 7.24. The van der Waals surface area contributed by atoms with E-state index in [0.29, 0.717) is 29.2 Å². The summed E-state index contributed by atoms with van der Waals surface area (Å²) >= 11 is 1.43. The zero-order valence-corrected chi connectivity index (χ0v) is 19.0. The van der Waals surface area contributed by atoms with Crippen LogP contribution in [0.1, 0.15) is 70.7 Å². The van der Waals surface area contributed by atoms with E-state index in [2.05, 4.69) is 48.4 Å². The molecule has 3 N–H and O–H groups in total. The van der Waals surface area contributed by atoms with E-state index in [-0.39, 0.29) is 17.9 Å². The Hall–Kier alpha value is -2.22. The molecule has 1 amide bonds. The monoisotopic (exact) mass is 431 g/mol. The first-order valence-corrected chi connectivity index (χ1v) is 11.7. The van der Waals surface area contributed by atoms with Gasteiger partial charge in [0.25, 0.3) is 0 Å². The van der Waals surface area contributed by atoms with Crippen molar-refractivity contribution in [1.82, 2.24) is 20.2 Å². The number of amides is 1. The highest BCUT2D eigenvalue weighted by Gasteiger charge is 2.17. The first-order chi connectivity index (χ1) is 14.3. The molecule has 3 rings (SSSR count). The minimum absolute atomic E-state index is 0.0970. The number of nitrogen functional groups attached to an aromatic ring is 1. The number of aromatic nitrogens is 3. The SMILES string of the molecule is CC(C)(C)c1ccc(OCc2nnc(SCCC(=O)NC3CCCCC3)n2N)cc1. The fourth-order valence-electron chi connectivity index (χ4n) is 3.48. The van der Waals surface area contributed by atoms with Gasteiger partial charge in [-0.3, -0.25) is 4.79 Å². The van der Waals surface area contributed by atoms with Gasteiger partial charge in [0.2, 0.25) is 11.1 Å². The second-order valence-corrected chi connectivity index (χ2v) is 9.89. The highest BCUT2D eigenvalue weighted by molar-refractivity contribution is 7.99. The van der Waals surface area contributed by atoms with Gasteiger partial charge in [-0.2, -0.15) is 0 Å². The molecule has 1 saturated carbocycles. The summed E-state index contributed by atoms with van der Waals surface area (Å²) in [6.07, 6.45) is 6.34. The van der Waals surface area contributed by atoms with E-state index >= 15 is 0 Å². The van der Waals surface area contributed by atoms with Gasteiger partial charge in [0, 0.05) is 18.2 Å². The zero-order chi connectivity index (χ0) is 21.6. The Balaban J connectivity index is 1.43. The number of carbonyl (C=O) groups excluding carboxylic acids is 1. The second kappa shape index (κ2) is 10.2. The van der Waals surface area contributed by atoms with Crippen LogP contribution in [0.4, 0.5) is 0 Å². The Morgan fingerprint density at radius 1 is 1.20 bits per heavy atom. The lowest BCUT2D eigenvalue weighted by molar-refractivity contribution is -0.121. The molecule has 0 spiro atoms. The normalized spacial score (nSPS) is 15.2. The lowest BCUT2D eigenvalue weighted by Crippen LogP contribution is -2.36.